The number of hydrogen-bond donors (Lipinski definition) is 2. The minimum absolute atomic E-state index is 0.00556. The quantitative estimate of drug-likeness (QED) is 0.159. The van der Waals surface area contributed by atoms with E-state index in [1.807, 2.05) is 0 Å². The van der Waals surface area contributed by atoms with E-state index in [2.05, 4.69) is 25.2 Å². The van der Waals surface area contributed by atoms with E-state index < -0.39 is 23.7 Å². The number of likely N-dealkylation sites (tertiary alicyclic amines) is 2. The Kier molecular flexibility index (Phi) is 9.23. The van der Waals surface area contributed by atoms with Crippen LogP contribution in [0.4, 0.5) is 19.3 Å². The number of alkyl halides is 3. The van der Waals surface area contributed by atoms with E-state index in [0.29, 0.717) is 44.4 Å². The third kappa shape index (κ3) is 7.69. The van der Waals surface area contributed by atoms with Gasteiger partial charge in [-0.15, -0.1) is 8.78 Å². The third-order valence-corrected chi connectivity index (χ3v) is 8.02. The molecule has 1 unspecified atom stereocenters. The summed E-state index contributed by atoms with van der Waals surface area (Å²) >= 11 is 4.93. The zero-order chi connectivity index (χ0) is 34.0. The summed E-state index contributed by atoms with van der Waals surface area (Å²) < 4.78 is 38.7. The molecule has 0 saturated carbocycles. The van der Waals surface area contributed by atoms with Crippen molar-refractivity contribution in [3.05, 3.63) is 60.7 Å². The molecule has 5 heterocycles. The molecule has 2 aliphatic rings. The predicted molar refractivity (Wildman–Crippen MR) is 163 cm³/mol. The van der Waals surface area contributed by atoms with Crippen LogP contribution >= 0.6 is 11.6 Å². The minimum atomic E-state index is -3.99. The molecule has 6 rings (SSSR count). The second-order valence-corrected chi connectivity index (χ2v) is 11.7. The number of amides is 3. The van der Waals surface area contributed by atoms with E-state index in [1.165, 1.54) is 51.9 Å². The number of piperidine rings is 2. The molecule has 2 fully saturated rings. The van der Waals surface area contributed by atoms with Crippen LogP contribution in [-0.4, -0.2) is 101 Å². The highest BCUT2D eigenvalue weighted by atomic mass is 35.5. The first kappa shape index (κ1) is 32.8. The van der Waals surface area contributed by atoms with E-state index in [4.69, 9.17) is 16.3 Å². The lowest BCUT2D eigenvalue weighted by Gasteiger charge is -2.41. The van der Waals surface area contributed by atoms with E-state index in [0.717, 1.165) is 0 Å². The highest BCUT2D eigenvalue weighted by Crippen LogP contribution is 2.32. The lowest BCUT2D eigenvalue weighted by atomic mass is 9.98. The number of nitrogens with zero attached hydrogens (tertiary/aromatic N) is 7. The number of aromatic nitrogens is 5. The highest BCUT2D eigenvalue weighted by molar-refractivity contribution is 6.20. The number of rotatable bonds is 8. The van der Waals surface area contributed by atoms with Crippen LogP contribution < -0.4 is 10.1 Å². The molecule has 3 amide bonds. The predicted octanol–water partition coefficient (Wildman–Crippen LogP) is 3.12. The van der Waals surface area contributed by atoms with Gasteiger partial charge in [0.25, 0.3) is 0 Å². The average molecular weight is 687 g/mol. The molecule has 15 nitrogen and oxygen atoms in total. The van der Waals surface area contributed by atoms with Crippen molar-refractivity contribution in [2.45, 2.75) is 49.9 Å². The monoisotopic (exact) mass is 686 g/mol. The number of aliphatic hydroxyl groups is 1. The minimum Gasteiger partial charge on any atom is -0.420 e. The summed E-state index contributed by atoms with van der Waals surface area (Å²) in [6.07, 6.45) is 4.46. The van der Waals surface area contributed by atoms with Crippen LogP contribution in [-0.2, 0) is 20.9 Å². The smallest absolute Gasteiger partial charge is 0.420 e. The number of aliphatic hydroxyl groups excluding tert-OH is 1. The fourth-order valence-electron chi connectivity index (χ4n) is 5.72. The fourth-order valence-corrected chi connectivity index (χ4v) is 5.81. The Labute approximate surface area is 276 Å². The molecule has 48 heavy (non-hydrogen) atoms. The SMILES string of the molecule is O=C(Nc1cn(CC(=O)N2CCC(N3CC(O)CCC3=O)CC2)nc1-c1cccc(OC(F)(F)Cl)c1)OC(=O)c1cc2ncccn2n1. The number of carbonyl (C=O) groups is 4. The second-order valence-electron chi connectivity index (χ2n) is 11.3. The van der Waals surface area contributed by atoms with Crippen molar-refractivity contribution in [3.8, 4) is 17.0 Å². The normalized spacial score (nSPS) is 17.4. The maximum atomic E-state index is 13.3. The number of β-amino-alcohol motifs (C(OH)–C–C–N with tert-alkyl or cyclic N) is 1. The second kappa shape index (κ2) is 13.5. The van der Waals surface area contributed by atoms with E-state index in [-0.39, 0.29) is 59.3 Å². The molecule has 2 N–H and O–H groups in total. The van der Waals surface area contributed by atoms with Gasteiger partial charge in [0.2, 0.25) is 11.8 Å². The summed E-state index contributed by atoms with van der Waals surface area (Å²) in [6.45, 7) is 0.782. The molecule has 3 aromatic heterocycles. The molecule has 0 bridgehead atoms. The number of esters is 1. The van der Waals surface area contributed by atoms with Gasteiger partial charge in [-0.05, 0) is 37.5 Å². The Balaban J connectivity index is 1.17. The molecule has 2 aliphatic heterocycles. The molecular weight excluding hydrogens is 658 g/mol. The number of nitrogens with one attached hydrogen (secondary N) is 1. The first-order valence-corrected chi connectivity index (χ1v) is 15.3. The van der Waals surface area contributed by atoms with Crippen molar-refractivity contribution in [1.82, 2.24) is 34.2 Å². The van der Waals surface area contributed by atoms with E-state index >= 15 is 0 Å². The number of benzene rings is 1. The number of halogens is 3. The lowest BCUT2D eigenvalue weighted by molar-refractivity contribution is -0.142. The maximum absolute atomic E-state index is 13.3. The van der Waals surface area contributed by atoms with Gasteiger partial charge in [0.1, 0.15) is 18.0 Å². The Hall–Kier alpha value is -5.16. The van der Waals surface area contributed by atoms with Crippen molar-refractivity contribution in [2.24, 2.45) is 0 Å². The summed E-state index contributed by atoms with van der Waals surface area (Å²) in [4.78, 5) is 58.5. The molecule has 18 heteroatoms. The van der Waals surface area contributed by atoms with Crippen molar-refractivity contribution in [2.75, 3.05) is 25.0 Å². The molecule has 0 radical (unpaired) electrons. The molecule has 0 spiro atoms. The molecule has 252 valence electrons. The molecule has 0 aliphatic carbocycles. The van der Waals surface area contributed by atoms with E-state index in [1.54, 1.807) is 22.1 Å². The Morgan fingerprint density at radius 3 is 2.65 bits per heavy atom. The zero-order valence-corrected chi connectivity index (χ0v) is 25.9. The summed E-state index contributed by atoms with van der Waals surface area (Å²) in [6, 6.07) is 8.21. The van der Waals surface area contributed by atoms with Gasteiger partial charge < -0.3 is 24.4 Å². The summed E-state index contributed by atoms with van der Waals surface area (Å²) in [5, 5.41) is 20.9. The number of ether oxygens (including phenoxy) is 2. The van der Waals surface area contributed by atoms with Gasteiger partial charge in [-0.25, -0.2) is 19.1 Å². The van der Waals surface area contributed by atoms with E-state index in [9.17, 15) is 33.1 Å². The Morgan fingerprint density at radius 1 is 1.10 bits per heavy atom. The van der Waals surface area contributed by atoms with Crippen LogP contribution in [0.15, 0.2) is 55.0 Å². The number of fused-ring (bicyclic) bond motifs is 1. The highest BCUT2D eigenvalue weighted by Gasteiger charge is 2.34. The van der Waals surface area contributed by atoms with Crippen LogP contribution in [0.5, 0.6) is 5.75 Å². The number of anilines is 1. The van der Waals surface area contributed by atoms with Gasteiger partial charge in [0.05, 0.1) is 11.8 Å². The molecule has 1 aromatic carbocycles. The van der Waals surface area contributed by atoms with Gasteiger partial charge in [0.15, 0.2) is 11.3 Å². The van der Waals surface area contributed by atoms with Gasteiger partial charge in [-0.3, -0.25) is 19.6 Å². The van der Waals surface area contributed by atoms with Crippen molar-refractivity contribution >= 4 is 46.8 Å². The van der Waals surface area contributed by atoms with Crippen LogP contribution in [0.2, 0.25) is 0 Å². The number of carbonyl (C=O) groups excluding carboxylic acids is 4. The van der Waals surface area contributed by atoms with Crippen LogP contribution in [0.1, 0.15) is 36.2 Å². The molecule has 4 aromatic rings. The van der Waals surface area contributed by atoms with Gasteiger partial charge in [0, 0.05) is 73.9 Å². The summed E-state index contributed by atoms with van der Waals surface area (Å²) in [7, 11) is 0. The summed E-state index contributed by atoms with van der Waals surface area (Å²) in [5.41, 5.74) is -3.56. The van der Waals surface area contributed by atoms with Crippen molar-refractivity contribution in [3.63, 3.8) is 0 Å². The molecular formula is C30H29ClF2N8O7. The van der Waals surface area contributed by atoms with Crippen molar-refractivity contribution in [1.29, 1.82) is 0 Å². The Bertz CT molecular complexity index is 1820. The molecule has 1 atom stereocenters. The maximum Gasteiger partial charge on any atom is 0.487 e. The van der Waals surface area contributed by atoms with Gasteiger partial charge in [-0.2, -0.15) is 10.2 Å². The van der Waals surface area contributed by atoms with Crippen LogP contribution in [0, 0.1) is 0 Å². The van der Waals surface area contributed by atoms with Crippen LogP contribution in [0.3, 0.4) is 0 Å². The van der Waals surface area contributed by atoms with Crippen LogP contribution in [0.25, 0.3) is 16.9 Å². The van der Waals surface area contributed by atoms with Gasteiger partial charge >= 0.3 is 17.6 Å². The third-order valence-electron chi connectivity index (χ3n) is 7.94. The Morgan fingerprint density at radius 2 is 1.90 bits per heavy atom. The zero-order valence-electron chi connectivity index (χ0n) is 25.2. The topological polar surface area (TPSA) is 173 Å². The lowest BCUT2D eigenvalue weighted by Crippen LogP contribution is -2.53. The van der Waals surface area contributed by atoms with Gasteiger partial charge in [-0.1, -0.05) is 12.1 Å². The summed E-state index contributed by atoms with van der Waals surface area (Å²) in [5.74, 6) is -1.67. The molecule has 2 saturated heterocycles. The number of hydrogen-bond acceptors (Lipinski definition) is 10. The van der Waals surface area contributed by atoms with Crippen molar-refractivity contribution < 1.29 is 42.5 Å². The average Bonchev–Trinajstić information content (AvgIpc) is 3.66. The standard InChI is InChI=1S/C30H29ClF2N8O7/c31-30(32,33)48-21-4-1-3-18(13-21)27-23(35-29(46)47-28(45)22-14-24-34-9-2-10-41(24)36-22)16-39(37-27)17-26(44)38-11-7-19(8-12-38)40-15-20(42)5-6-25(40)43/h1-4,9-10,13-14,16,19-20,42H,5-8,11-12,15,17H2,(H,35,46). The largest absolute Gasteiger partial charge is 0.487 e. The first-order valence-electron chi connectivity index (χ1n) is 14.9. The fraction of sp³-hybridized carbons (Fsp3) is 0.367. The first-order chi connectivity index (χ1) is 22.9.